The standard InChI is InChI=1S/C26H34N4O3/c1-26(25(32)27-19-9-6-4-3-5-7-10-19)17-29-23(16-22(28-29)18-13-14-18)24(31)30(26)20-11-8-12-21(15-20)33-2/h8,11-12,15-16,18-19H,3-7,9-10,13-14,17H2,1-2H3,(H,27,32)/t26-/m1/s1. The van der Waals surface area contributed by atoms with Crippen molar-refractivity contribution in [3.05, 3.63) is 41.7 Å². The number of rotatable bonds is 5. The highest BCUT2D eigenvalue weighted by Crippen LogP contribution is 2.41. The summed E-state index contributed by atoms with van der Waals surface area (Å²) in [6, 6.07) is 9.47. The quantitative estimate of drug-likeness (QED) is 0.732. The number of carbonyl (C=O) groups is 2. The summed E-state index contributed by atoms with van der Waals surface area (Å²) in [7, 11) is 1.61. The molecule has 0 spiro atoms. The van der Waals surface area contributed by atoms with Crippen LogP contribution in [0, 0.1) is 0 Å². The molecule has 1 atom stereocenters. The predicted molar refractivity (Wildman–Crippen MR) is 127 cm³/mol. The molecule has 0 unspecified atom stereocenters. The van der Waals surface area contributed by atoms with Gasteiger partial charge in [0.25, 0.3) is 5.91 Å². The fraction of sp³-hybridized carbons (Fsp3) is 0.577. The SMILES string of the molecule is COc1cccc(N2C(=O)c3cc(C4CC4)nn3C[C@]2(C)C(=O)NC2CCCCCCC2)c1. The van der Waals surface area contributed by atoms with E-state index in [1.54, 1.807) is 16.7 Å². The van der Waals surface area contributed by atoms with Gasteiger partial charge in [-0.3, -0.25) is 19.2 Å². The van der Waals surface area contributed by atoms with E-state index in [1.165, 1.54) is 19.3 Å². The number of hydrogen-bond acceptors (Lipinski definition) is 4. The van der Waals surface area contributed by atoms with E-state index >= 15 is 0 Å². The molecule has 2 amide bonds. The minimum Gasteiger partial charge on any atom is -0.497 e. The summed E-state index contributed by atoms with van der Waals surface area (Å²) in [5, 5.41) is 8.05. The number of hydrogen-bond donors (Lipinski definition) is 1. The lowest BCUT2D eigenvalue weighted by atomic mass is 9.91. The number of aromatic nitrogens is 2. The lowest BCUT2D eigenvalue weighted by Crippen LogP contribution is -2.65. The molecule has 2 fully saturated rings. The molecular weight excluding hydrogens is 416 g/mol. The van der Waals surface area contributed by atoms with Crippen LogP contribution in [-0.4, -0.2) is 40.3 Å². The lowest BCUT2D eigenvalue weighted by Gasteiger charge is -2.43. The van der Waals surface area contributed by atoms with Gasteiger partial charge in [-0.15, -0.1) is 0 Å². The molecule has 1 N–H and O–H groups in total. The maximum Gasteiger partial charge on any atom is 0.277 e. The molecule has 0 radical (unpaired) electrons. The average molecular weight is 451 g/mol. The molecule has 5 rings (SSSR count). The smallest absolute Gasteiger partial charge is 0.277 e. The van der Waals surface area contributed by atoms with Gasteiger partial charge in [-0.25, -0.2) is 0 Å². The van der Waals surface area contributed by atoms with Gasteiger partial charge in [-0.2, -0.15) is 5.10 Å². The van der Waals surface area contributed by atoms with Crippen LogP contribution in [0.15, 0.2) is 30.3 Å². The van der Waals surface area contributed by atoms with Crippen LogP contribution < -0.4 is 15.0 Å². The highest BCUT2D eigenvalue weighted by Gasteiger charge is 2.49. The topological polar surface area (TPSA) is 76.5 Å². The van der Waals surface area contributed by atoms with E-state index in [0.717, 1.165) is 44.2 Å². The Hall–Kier alpha value is -2.83. The molecule has 1 aliphatic heterocycles. The molecule has 0 saturated heterocycles. The summed E-state index contributed by atoms with van der Waals surface area (Å²) in [5.74, 6) is 0.791. The van der Waals surface area contributed by atoms with Crippen molar-refractivity contribution in [3.8, 4) is 5.75 Å². The Balaban J connectivity index is 1.50. The van der Waals surface area contributed by atoms with Crippen LogP contribution in [0.25, 0.3) is 0 Å². The summed E-state index contributed by atoms with van der Waals surface area (Å²) in [6.45, 7) is 2.20. The van der Waals surface area contributed by atoms with Crippen molar-refractivity contribution in [1.82, 2.24) is 15.1 Å². The Morgan fingerprint density at radius 3 is 2.52 bits per heavy atom. The molecule has 1 aromatic heterocycles. The first-order valence-corrected chi connectivity index (χ1v) is 12.4. The van der Waals surface area contributed by atoms with Gasteiger partial charge in [0.1, 0.15) is 17.0 Å². The van der Waals surface area contributed by atoms with Crippen molar-refractivity contribution in [2.24, 2.45) is 0 Å². The van der Waals surface area contributed by atoms with Gasteiger partial charge in [0, 0.05) is 23.7 Å². The van der Waals surface area contributed by atoms with Crippen LogP contribution in [0.2, 0.25) is 0 Å². The van der Waals surface area contributed by atoms with Crippen molar-refractivity contribution in [1.29, 1.82) is 0 Å². The molecular formula is C26H34N4O3. The van der Waals surface area contributed by atoms with E-state index in [4.69, 9.17) is 9.84 Å². The number of amides is 2. The van der Waals surface area contributed by atoms with E-state index in [-0.39, 0.29) is 17.9 Å². The fourth-order valence-electron chi connectivity index (χ4n) is 5.28. The molecule has 33 heavy (non-hydrogen) atoms. The van der Waals surface area contributed by atoms with Crippen molar-refractivity contribution in [3.63, 3.8) is 0 Å². The third-order valence-electron chi connectivity index (χ3n) is 7.41. The Kier molecular flexibility index (Phi) is 5.89. The summed E-state index contributed by atoms with van der Waals surface area (Å²) in [5.41, 5.74) is 1.09. The van der Waals surface area contributed by atoms with Crippen molar-refractivity contribution < 1.29 is 14.3 Å². The molecule has 7 nitrogen and oxygen atoms in total. The average Bonchev–Trinajstić information content (AvgIpc) is 3.55. The number of nitrogens with one attached hydrogen (secondary N) is 1. The van der Waals surface area contributed by atoms with Crippen LogP contribution in [0.1, 0.15) is 86.8 Å². The number of nitrogens with zero attached hydrogens (tertiary/aromatic N) is 3. The first kappa shape index (κ1) is 22.0. The van der Waals surface area contributed by atoms with E-state index < -0.39 is 5.54 Å². The van der Waals surface area contributed by atoms with Crippen molar-refractivity contribution in [2.45, 2.75) is 88.8 Å². The highest BCUT2D eigenvalue weighted by atomic mass is 16.5. The zero-order valence-electron chi connectivity index (χ0n) is 19.7. The van der Waals surface area contributed by atoms with E-state index in [0.29, 0.717) is 29.6 Å². The zero-order valence-corrected chi connectivity index (χ0v) is 19.7. The van der Waals surface area contributed by atoms with Gasteiger partial charge in [-0.1, -0.05) is 38.2 Å². The van der Waals surface area contributed by atoms with Crippen LogP contribution in [-0.2, 0) is 11.3 Å². The van der Waals surface area contributed by atoms with Gasteiger partial charge in [0.2, 0.25) is 5.91 Å². The molecule has 2 aromatic rings. The highest BCUT2D eigenvalue weighted by molar-refractivity contribution is 6.12. The van der Waals surface area contributed by atoms with Gasteiger partial charge in [-0.05, 0) is 50.8 Å². The van der Waals surface area contributed by atoms with Crippen LogP contribution in [0.5, 0.6) is 5.75 Å². The van der Waals surface area contributed by atoms with Crippen LogP contribution in [0.3, 0.4) is 0 Å². The van der Waals surface area contributed by atoms with Crippen LogP contribution >= 0.6 is 0 Å². The largest absolute Gasteiger partial charge is 0.497 e. The van der Waals surface area contributed by atoms with E-state index in [9.17, 15) is 9.59 Å². The van der Waals surface area contributed by atoms with Gasteiger partial charge < -0.3 is 10.1 Å². The number of carbonyl (C=O) groups excluding carboxylic acids is 2. The van der Waals surface area contributed by atoms with Gasteiger partial charge >= 0.3 is 0 Å². The summed E-state index contributed by atoms with van der Waals surface area (Å²) in [6.07, 6.45) is 10.2. The second kappa shape index (κ2) is 8.84. The first-order valence-electron chi connectivity index (χ1n) is 12.4. The van der Waals surface area contributed by atoms with Gasteiger partial charge in [0.15, 0.2) is 0 Å². The molecule has 2 heterocycles. The third kappa shape index (κ3) is 4.25. The van der Waals surface area contributed by atoms with Gasteiger partial charge in [0.05, 0.1) is 19.3 Å². The Morgan fingerprint density at radius 1 is 1.09 bits per heavy atom. The van der Waals surface area contributed by atoms with Crippen molar-refractivity contribution in [2.75, 3.05) is 12.0 Å². The molecule has 176 valence electrons. The lowest BCUT2D eigenvalue weighted by molar-refractivity contribution is -0.127. The maximum atomic E-state index is 13.9. The molecule has 7 heteroatoms. The number of anilines is 1. The minimum atomic E-state index is -1.09. The third-order valence-corrected chi connectivity index (χ3v) is 7.41. The number of benzene rings is 1. The molecule has 2 saturated carbocycles. The second-order valence-corrected chi connectivity index (χ2v) is 10.0. The van der Waals surface area contributed by atoms with Crippen LogP contribution in [0.4, 0.5) is 5.69 Å². The number of ether oxygens (including phenoxy) is 1. The summed E-state index contributed by atoms with van der Waals surface area (Å²) in [4.78, 5) is 29.3. The minimum absolute atomic E-state index is 0.113. The molecule has 0 bridgehead atoms. The molecule has 3 aliphatic rings. The fourth-order valence-corrected chi connectivity index (χ4v) is 5.28. The second-order valence-electron chi connectivity index (χ2n) is 10.0. The Bertz CT molecular complexity index is 1040. The molecule has 1 aromatic carbocycles. The van der Waals surface area contributed by atoms with E-state index in [1.807, 2.05) is 37.3 Å². The van der Waals surface area contributed by atoms with Crippen molar-refractivity contribution >= 4 is 17.5 Å². The van der Waals surface area contributed by atoms with E-state index in [2.05, 4.69) is 5.32 Å². The zero-order chi connectivity index (χ0) is 23.0. The number of fused-ring (bicyclic) bond motifs is 1. The normalized spacial score (nSPS) is 24.1. The monoisotopic (exact) mass is 450 g/mol. The number of methoxy groups -OCH3 is 1. The maximum absolute atomic E-state index is 13.9. The first-order chi connectivity index (χ1) is 16.0. The predicted octanol–water partition coefficient (Wildman–Crippen LogP) is 4.42. The Labute approximate surface area is 195 Å². The summed E-state index contributed by atoms with van der Waals surface area (Å²) >= 11 is 0. The molecule has 2 aliphatic carbocycles. The summed E-state index contributed by atoms with van der Waals surface area (Å²) < 4.78 is 7.17. The Morgan fingerprint density at radius 2 is 1.82 bits per heavy atom.